The van der Waals surface area contributed by atoms with Crippen LogP contribution in [0.2, 0.25) is 0 Å². The lowest BCUT2D eigenvalue weighted by molar-refractivity contribution is 0.0297. The molecule has 24 heavy (non-hydrogen) atoms. The highest BCUT2D eigenvalue weighted by molar-refractivity contribution is 7.89. The molecule has 7 heteroatoms. The van der Waals surface area contributed by atoms with Crippen LogP contribution in [0.1, 0.15) is 17.8 Å². The third-order valence-corrected chi connectivity index (χ3v) is 6.19. The molecule has 1 saturated heterocycles. The average molecular weight is 347 g/mol. The fraction of sp³-hybridized carbons (Fsp3) is 0.412. The van der Waals surface area contributed by atoms with Gasteiger partial charge in [-0.3, -0.25) is 9.97 Å². The number of nitrogens with zero attached hydrogens (tertiary/aromatic N) is 3. The summed E-state index contributed by atoms with van der Waals surface area (Å²) in [6.45, 7) is 3.12. The van der Waals surface area contributed by atoms with Crippen LogP contribution in [0.5, 0.6) is 0 Å². The van der Waals surface area contributed by atoms with E-state index < -0.39 is 10.0 Å². The van der Waals surface area contributed by atoms with E-state index in [1.165, 1.54) is 0 Å². The van der Waals surface area contributed by atoms with Crippen molar-refractivity contribution in [1.82, 2.24) is 14.3 Å². The lowest BCUT2D eigenvalue weighted by Crippen LogP contribution is -2.48. The summed E-state index contributed by atoms with van der Waals surface area (Å²) in [5.41, 5.74) is 1.78. The van der Waals surface area contributed by atoms with Gasteiger partial charge in [-0.1, -0.05) is 18.2 Å². The van der Waals surface area contributed by atoms with E-state index in [4.69, 9.17) is 4.74 Å². The van der Waals surface area contributed by atoms with Crippen LogP contribution in [0.3, 0.4) is 0 Å². The summed E-state index contributed by atoms with van der Waals surface area (Å²) in [5.74, 6) is 0. The van der Waals surface area contributed by atoms with Crippen molar-refractivity contribution in [3.63, 3.8) is 0 Å². The number of rotatable bonds is 5. The summed E-state index contributed by atoms with van der Waals surface area (Å²) >= 11 is 0. The van der Waals surface area contributed by atoms with Crippen molar-refractivity contribution in [2.45, 2.75) is 30.7 Å². The summed E-state index contributed by atoms with van der Waals surface area (Å²) < 4.78 is 32.9. The van der Waals surface area contributed by atoms with Crippen LogP contribution in [0, 0.1) is 6.92 Å². The number of benzene rings is 1. The summed E-state index contributed by atoms with van der Waals surface area (Å²) in [6, 6.07) is 8.37. The number of hydrogen-bond donors (Lipinski definition) is 0. The van der Waals surface area contributed by atoms with Gasteiger partial charge >= 0.3 is 0 Å². The number of hydrogen-bond acceptors (Lipinski definition) is 5. The predicted octanol–water partition coefficient (Wildman–Crippen LogP) is 1.81. The molecule has 0 radical (unpaired) electrons. The zero-order valence-electron chi connectivity index (χ0n) is 13.6. The molecule has 6 nitrogen and oxygen atoms in total. The molecular formula is C17H21N3O3S. The maximum Gasteiger partial charge on any atom is 0.243 e. The van der Waals surface area contributed by atoms with E-state index in [9.17, 15) is 8.42 Å². The molecule has 0 spiro atoms. The van der Waals surface area contributed by atoms with Gasteiger partial charge in [0.1, 0.15) is 0 Å². The van der Waals surface area contributed by atoms with E-state index in [0.717, 1.165) is 11.4 Å². The topological polar surface area (TPSA) is 72.4 Å². The summed E-state index contributed by atoms with van der Waals surface area (Å²) in [7, 11) is -3.51. The minimum Gasteiger partial charge on any atom is -0.378 e. The Balaban J connectivity index is 1.78. The van der Waals surface area contributed by atoms with Gasteiger partial charge in [0.05, 0.1) is 29.5 Å². The van der Waals surface area contributed by atoms with Crippen molar-refractivity contribution >= 4 is 10.0 Å². The average Bonchev–Trinajstić information content (AvgIpc) is 2.62. The quantitative estimate of drug-likeness (QED) is 0.825. The predicted molar refractivity (Wildman–Crippen MR) is 90.0 cm³/mol. The molecule has 0 bridgehead atoms. The maximum absolute atomic E-state index is 12.9. The van der Waals surface area contributed by atoms with E-state index in [0.29, 0.717) is 37.5 Å². The first-order valence-corrected chi connectivity index (χ1v) is 9.44. The number of aryl methyl sites for hydroxylation is 2. The lowest BCUT2D eigenvalue weighted by atomic mass is 10.1. The van der Waals surface area contributed by atoms with E-state index in [2.05, 4.69) is 9.97 Å². The second-order valence-corrected chi connectivity index (χ2v) is 7.68. The zero-order chi connectivity index (χ0) is 17.0. The van der Waals surface area contributed by atoms with Gasteiger partial charge < -0.3 is 4.74 Å². The fourth-order valence-electron chi connectivity index (χ4n) is 2.90. The van der Waals surface area contributed by atoms with E-state index in [-0.39, 0.29) is 6.04 Å². The Kier molecular flexibility index (Phi) is 5.23. The minimum absolute atomic E-state index is 0.189. The standard InChI is InChI=1S/C17H21N3O3S/c1-14-17(19-10-9-18-14)8-7-15-13-23-12-11-20(15)24(21,22)16-5-3-2-4-6-16/h2-6,9-10,15H,7-8,11-13H2,1H3/t15-/m0/s1. The molecule has 1 aromatic heterocycles. The van der Waals surface area contributed by atoms with Crippen molar-refractivity contribution in [1.29, 1.82) is 0 Å². The molecule has 1 fully saturated rings. The second-order valence-electron chi connectivity index (χ2n) is 5.78. The molecule has 0 aliphatic carbocycles. The summed E-state index contributed by atoms with van der Waals surface area (Å²) in [6.07, 6.45) is 4.66. The van der Waals surface area contributed by atoms with Crippen LogP contribution in [0.15, 0.2) is 47.6 Å². The molecule has 0 saturated carbocycles. The van der Waals surface area contributed by atoms with Gasteiger partial charge in [0.15, 0.2) is 0 Å². The Labute approximate surface area is 142 Å². The molecular weight excluding hydrogens is 326 g/mol. The zero-order valence-corrected chi connectivity index (χ0v) is 14.4. The Hall–Kier alpha value is -1.83. The highest BCUT2D eigenvalue weighted by Crippen LogP contribution is 2.23. The monoisotopic (exact) mass is 347 g/mol. The van der Waals surface area contributed by atoms with Crippen molar-refractivity contribution < 1.29 is 13.2 Å². The lowest BCUT2D eigenvalue weighted by Gasteiger charge is -2.34. The second kappa shape index (κ2) is 7.38. The van der Waals surface area contributed by atoms with Gasteiger partial charge in [0, 0.05) is 25.0 Å². The minimum atomic E-state index is -3.51. The van der Waals surface area contributed by atoms with Crippen molar-refractivity contribution in [2.75, 3.05) is 19.8 Å². The normalized spacial score (nSPS) is 19.3. The molecule has 0 N–H and O–H groups in total. The molecule has 0 amide bonds. The Morgan fingerprint density at radius 3 is 2.71 bits per heavy atom. The molecule has 2 heterocycles. The molecule has 2 aromatic rings. The number of sulfonamides is 1. The van der Waals surface area contributed by atoms with Gasteiger partial charge in [0.2, 0.25) is 10.0 Å². The third-order valence-electron chi connectivity index (χ3n) is 4.22. The first-order chi connectivity index (χ1) is 11.6. The highest BCUT2D eigenvalue weighted by atomic mass is 32.2. The van der Waals surface area contributed by atoms with Crippen LogP contribution >= 0.6 is 0 Å². The smallest absolute Gasteiger partial charge is 0.243 e. The first-order valence-electron chi connectivity index (χ1n) is 8.00. The third kappa shape index (κ3) is 3.63. The van der Waals surface area contributed by atoms with Crippen LogP contribution in [0.4, 0.5) is 0 Å². The molecule has 1 aromatic carbocycles. The van der Waals surface area contributed by atoms with Crippen LogP contribution in [-0.4, -0.2) is 48.5 Å². The largest absolute Gasteiger partial charge is 0.378 e. The molecule has 3 rings (SSSR count). The Morgan fingerprint density at radius 1 is 1.21 bits per heavy atom. The Morgan fingerprint density at radius 2 is 1.96 bits per heavy atom. The molecule has 128 valence electrons. The number of aromatic nitrogens is 2. The molecule has 1 aliphatic rings. The Bertz CT molecular complexity index is 781. The fourth-order valence-corrected chi connectivity index (χ4v) is 4.54. The van der Waals surface area contributed by atoms with E-state index in [1.54, 1.807) is 41.0 Å². The van der Waals surface area contributed by atoms with Gasteiger partial charge in [-0.15, -0.1) is 0 Å². The van der Waals surface area contributed by atoms with Crippen LogP contribution in [0.25, 0.3) is 0 Å². The molecule has 1 aliphatic heterocycles. The summed E-state index contributed by atoms with van der Waals surface area (Å²) in [4.78, 5) is 8.90. The number of ether oxygens (including phenoxy) is 1. The molecule has 1 atom stereocenters. The van der Waals surface area contributed by atoms with E-state index >= 15 is 0 Å². The highest BCUT2D eigenvalue weighted by Gasteiger charge is 2.33. The first kappa shape index (κ1) is 17.0. The maximum atomic E-state index is 12.9. The van der Waals surface area contributed by atoms with Crippen LogP contribution < -0.4 is 0 Å². The SMILES string of the molecule is Cc1nccnc1CC[C@H]1COCCN1S(=O)(=O)c1ccccc1. The van der Waals surface area contributed by atoms with Crippen molar-refractivity contribution in [2.24, 2.45) is 0 Å². The van der Waals surface area contributed by atoms with Gasteiger partial charge in [-0.2, -0.15) is 4.31 Å². The summed E-state index contributed by atoms with van der Waals surface area (Å²) in [5, 5.41) is 0. The van der Waals surface area contributed by atoms with Gasteiger partial charge in [-0.25, -0.2) is 8.42 Å². The van der Waals surface area contributed by atoms with Crippen molar-refractivity contribution in [3.8, 4) is 0 Å². The number of morpholine rings is 1. The van der Waals surface area contributed by atoms with Crippen LogP contribution in [-0.2, 0) is 21.2 Å². The van der Waals surface area contributed by atoms with Crippen molar-refractivity contribution in [3.05, 3.63) is 54.1 Å². The molecule has 0 unspecified atom stereocenters. The van der Waals surface area contributed by atoms with Gasteiger partial charge in [0.25, 0.3) is 0 Å². The van der Waals surface area contributed by atoms with Gasteiger partial charge in [-0.05, 0) is 31.9 Å². The van der Waals surface area contributed by atoms with E-state index in [1.807, 2.05) is 13.0 Å².